The Balaban J connectivity index is 1.88. The second-order valence-corrected chi connectivity index (χ2v) is 7.46. The van der Waals surface area contributed by atoms with E-state index in [1.807, 2.05) is 24.3 Å². The Hall–Kier alpha value is -0.940. The van der Waals surface area contributed by atoms with Gasteiger partial charge in [-0.1, -0.05) is 102 Å². The number of hydrogen-bond acceptors (Lipinski definition) is 1. The van der Waals surface area contributed by atoms with Crippen LogP contribution in [0.5, 0.6) is 0 Å². The van der Waals surface area contributed by atoms with Crippen molar-refractivity contribution in [3.63, 3.8) is 0 Å². The molecule has 1 nitrogen and oxygen atoms in total. The van der Waals surface area contributed by atoms with Crippen LogP contribution in [0.3, 0.4) is 0 Å². The average Bonchev–Trinajstić information content (AvgIpc) is 2.62. The van der Waals surface area contributed by atoms with Crippen molar-refractivity contribution in [2.45, 2.75) is 90.4 Å². The molecule has 0 spiro atoms. The fourth-order valence-electron chi connectivity index (χ4n) is 2.97. The fraction of sp³-hybridized carbons (Fsp3) is 0.636. The van der Waals surface area contributed by atoms with Gasteiger partial charge in [-0.2, -0.15) is 0 Å². The Morgan fingerprint density at radius 3 is 1.75 bits per heavy atom. The van der Waals surface area contributed by atoms with Crippen molar-refractivity contribution in [1.29, 1.82) is 0 Å². The maximum atomic E-state index is 10.7. The second kappa shape index (κ2) is 15.6. The zero-order chi connectivity index (χ0) is 17.3. The summed E-state index contributed by atoms with van der Waals surface area (Å²) in [4.78, 5) is 0. The molecule has 0 radical (unpaired) electrons. The minimum Gasteiger partial charge on any atom is -0.269 e. The molecule has 1 rings (SSSR count). The molecule has 0 N–H and O–H groups in total. The zero-order valence-corrected chi connectivity index (χ0v) is 16.4. The molecule has 0 amide bonds. The van der Waals surface area contributed by atoms with Gasteiger partial charge in [0.1, 0.15) is 0 Å². The molecule has 0 bridgehead atoms. The first-order valence-corrected chi connectivity index (χ1v) is 10.8. The lowest BCUT2D eigenvalue weighted by atomic mass is 10.0. The molecule has 1 aromatic carbocycles. The molecule has 0 fully saturated rings. The molecule has 0 aromatic heterocycles. The molecule has 0 aliphatic rings. The molecule has 0 aliphatic heterocycles. The molecule has 0 saturated heterocycles. The van der Waals surface area contributed by atoms with E-state index in [2.05, 4.69) is 19.1 Å². The van der Waals surface area contributed by atoms with Crippen LogP contribution in [0, 0.1) is 0 Å². The molecule has 0 atom stereocenters. The predicted molar refractivity (Wildman–Crippen MR) is 108 cm³/mol. The van der Waals surface area contributed by atoms with Crippen LogP contribution in [0.15, 0.2) is 30.3 Å². The van der Waals surface area contributed by atoms with Crippen LogP contribution in [0.2, 0.25) is 0 Å². The summed E-state index contributed by atoms with van der Waals surface area (Å²) in [5.74, 6) is 0. The molecule has 0 aliphatic carbocycles. The predicted octanol–water partition coefficient (Wildman–Crippen LogP) is 7.71. The number of unbranched alkanes of at least 4 members (excludes halogenated alkanes) is 12. The van der Waals surface area contributed by atoms with Crippen LogP contribution in [0.4, 0.5) is 0 Å². The highest BCUT2D eigenvalue weighted by Gasteiger charge is 1.93. The van der Waals surface area contributed by atoms with E-state index in [9.17, 15) is 4.57 Å². The summed E-state index contributed by atoms with van der Waals surface area (Å²) in [6, 6.07) is 7.88. The Labute approximate surface area is 151 Å². The topological polar surface area (TPSA) is 17.1 Å². The van der Waals surface area contributed by atoms with Gasteiger partial charge >= 0.3 is 0 Å². The van der Waals surface area contributed by atoms with Crippen molar-refractivity contribution in [3.8, 4) is 0 Å². The van der Waals surface area contributed by atoms with Crippen molar-refractivity contribution in [2.24, 2.45) is 0 Å². The fourth-order valence-corrected chi connectivity index (χ4v) is 3.24. The highest BCUT2D eigenvalue weighted by Crippen LogP contribution is 2.13. The Morgan fingerprint density at radius 2 is 1.25 bits per heavy atom. The van der Waals surface area contributed by atoms with E-state index in [1.165, 1.54) is 89.0 Å². The first kappa shape index (κ1) is 21.1. The lowest BCUT2D eigenvalue weighted by Crippen LogP contribution is -1.88. The van der Waals surface area contributed by atoms with Crippen molar-refractivity contribution in [3.05, 3.63) is 35.9 Å². The highest BCUT2D eigenvalue weighted by molar-refractivity contribution is 7.34. The third-order valence-corrected chi connectivity index (χ3v) is 5.04. The Kier molecular flexibility index (Phi) is 13.7. The summed E-state index contributed by atoms with van der Waals surface area (Å²) in [5.41, 5.74) is 1.20. The summed E-state index contributed by atoms with van der Waals surface area (Å²) in [7, 11) is 0.103. The van der Waals surface area contributed by atoms with Crippen molar-refractivity contribution in [2.75, 3.05) is 0 Å². The van der Waals surface area contributed by atoms with E-state index in [4.69, 9.17) is 0 Å². The number of allylic oxidation sites excluding steroid dienone is 1. The van der Waals surface area contributed by atoms with E-state index in [0.29, 0.717) is 0 Å². The SMILES string of the molecule is CCCCCCCCCCCCCC/C=C/c1ccc(P=O)cc1. The number of rotatable bonds is 15. The van der Waals surface area contributed by atoms with Gasteiger partial charge in [-0.25, -0.2) is 0 Å². The van der Waals surface area contributed by atoms with Crippen LogP contribution < -0.4 is 5.30 Å². The monoisotopic (exact) mass is 346 g/mol. The van der Waals surface area contributed by atoms with Crippen molar-refractivity contribution < 1.29 is 4.57 Å². The standard InChI is InChI=1S/C22H35OP/c1-2-3-4-5-6-7-8-9-10-11-12-13-14-15-16-21-17-19-22(24-23)20-18-21/h15-20H,2-14H2,1H3/b16-15+. The maximum absolute atomic E-state index is 10.7. The van der Waals surface area contributed by atoms with Crippen LogP contribution in [0.1, 0.15) is 96.0 Å². The van der Waals surface area contributed by atoms with Gasteiger partial charge in [0.25, 0.3) is 0 Å². The minimum absolute atomic E-state index is 0.103. The molecule has 0 unspecified atom stereocenters. The summed E-state index contributed by atoms with van der Waals surface area (Å²) in [6.07, 6.45) is 22.4. The van der Waals surface area contributed by atoms with Crippen molar-refractivity contribution in [1.82, 2.24) is 0 Å². The van der Waals surface area contributed by atoms with E-state index in [0.717, 1.165) is 5.30 Å². The first-order valence-electron chi connectivity index (χ1n) is 9.96. The van der Waals surface area contributed by atoms with Crippen LogP contribution in [-0.4, -0.2) is 0 Å². The van der Waals surface area contributed by atoms with Gasteiger partial charge in [0.15, 0.2) is 8.46 Å². The molecule has 0 saturated carbocycles. The lowest BCUT2D eigenvalue weighted by Gasteiger charge is -2.02. The number of hydrogen-bond donors (Lipinski definition) is 0. The molecule has 24 heavy (non-hydrogen) atoms. The molecule has 2 heteroatoms. The maximum Gasteiger partial charge on any atom is 0.192 e. The van der Waals surface area contributed by atoms with Crippen LogP contribution >= 0.6 is 8.46 Å². The van der Waals surface area contributed by atoms with Gasteiger partial charge < -0.3 is 0 Å². The lowest BCUT2D eigenvalue weighted by molar-refractivity contribution is 0.545. The van der Waals surface area contributed by atoms with Crippen LogP contribution in [-0.2, 0) is 4.57 Å². The average molecular weight is 346 g/mol. The van der Waals surface area contributed by atoms with Crippen molar-refractivity contribution >= 4 is 19.8 Å². The van der Waals surface area contributed by atoms with E-state index in [1.54, 1.807) is 0 Å². The van der Waals surface area contributed by atoms with Gasteiger partial charge in [-0.3, -0.25) is 4.57 Å². The number of benzene rings is 1. The summed E-state index contributed by atoms with van der Waals surface area (Å²) in [6.45, 7) is 2.28. The summed E-state index contributed by atoms with van der Waals surface area (Å²) >= 11 is 0. The first-order chi connectivity index (χ1) is 11.9. The molecular weight excluding hydrogens is 311 g/mol. The molecule has 0 heterocycles. The summed E-state index contributed by atoms with van der Waals surface area (Å²) < 4.78 is 10.7. The normalized spacial score (nSPS) is 11.5. The Bertz CT molecular complexity index is 436. The zero-order valence-electron chi connectivity index (χ0n) is 15.5. The Morgan fingerprint density at radius 1 is 0.750 bits per heavy atom. The van der Waals surface area contributed by atoms with E-state index >= 15 is 0 Å². The van der Waals surface area contributed by atoms with Crippen LogP contribution in [0.25, 0.3) is 6.08 Å². The minimum atomic E-state index is 0.103. The van der Waals surface area contributed by atoms with Gasteiger partial charge in [-0.15, -0.1) is 0 Å². The summed E-state index contributed by atoms with van der Waals surface area (Å²) in [5, 5.41) is 0.841. The largest absolute Gasteiger partial charge is 0.269 e. The third kappa shape index (κ3) is 11.6. The van der Waals surface area contributed by atoms with E-state index in [-0.39, 0.29) is 8.46 Å². The highest BCUT2D eigenvalue weighted by atomic mass is 31.1. The van der Waals surface area contributed by atoms with E-state index < -0.39 is 0 Å². The second-order valence-electron chi connectivity index (χ2n) is 6.76. The third-order valence-electron chi connectivity index (χ3n) is 4.53. The smallest absolute Gasteiger partial charge is 0.192 e. The van der Waals surface area contributed by atoms with Gasteiger partial charge in [0.2, 0.25) is 0 Å². The molecule has 134 valence electrons. The molecular formula is C22H35OP. The van der Waals surface area contributed by atoms with Gasteiger partial charge in [-0.05, 0) is 30.5 Å². The van der Waals surface area contributed by atoms with Gasteiger partial charge in [0.05, 0.1) is 0 Å². The van der Waals surface area contributed by atoms with Gasteiger partial charge in [0, 0.05) is 5.30 Å². The quantitative estimate of drug-likeness (QED) is 0.235. The molecule has 1 aromatic rings.